The van der Waals surface area contributed by atoms with E-state index in [2.05, 4.69) is 29.1 Å². The van der Waals surface area contributed by atoms with Gasteiger partial charge in [-0.3, -0.25) is 0 Å². The van der Waals surface area contributed by atoms with Crippen molar-refractivity contribution >= 4 is 99.3 Å². The minimum absolute atomic E-state index is 0.0273. The van der Waals surface area contributed by atoms with Gasteiger partial charge in [0.15, 0.2) is 0 Å². The number of hydrogen-bond donors (Lipinski definition) is 0. The highest BCUT2D eigenvalue weighted by Crippen LogP contribution is 2.62. The van der Waals surface area contributed by atoms with E-state index >= 15 is 0 Å². The van der Waals surface area contributed by atoms with Crippen molar-refractivity contribution in [3.8, 4) is 28.0 Å². The summed E-state index contributed by atoms with van der Waals surface area (Å²) in [6.45, 7) is 7.22. The van der Waals surface area contributed by atoms with Crippen LogP contribution in [-0.2, 0) is 5.41 Å². The van der Waals surface area contributed by atoms with E-state index in [4.69, 9.17) is 17.1 Å². The van der Waals surface area contributed by atoms with Gasteiger partial charge in [0.25, 0.3) is 5.70 Å². The second-order valence-corrected chi connectivity index (χ2v) is 15.4. The van der Waals surface area contributed by atoms with Crippen LogP contribution >= 0.6 is 56.7 Å². The summed E-state index contributed by atoms with van der Waals surface area (Å²) in [4.78, 5) is 10.2. The lowest BCUT2D eigenvalue weighted by Gasteiger charge is -2.37. The predicted octanol–water partition coefficient (Wildman–Crippen LogP) is 10.9. The van der Waals surface area contributed by atoms with Crippen LogP contribution in [0.25, 0.3) is 57.2 Å². The first-order valence-electron chi connectivity index (χ1n) is 13.0. The van der Waals surface area contributed by atoms with Crippen LogP contribution in [-0.4, -0.2) is 0 Å². The zero-order chi connectivity index (χ0) is 28.1. The van der Waals surface area contributed by atoms with Gasteiger partial charge in [0.2, 0.25) is 0 Å². The van der Waals surface area contributed by atoms with Gasteiger partial charge in [-0.1, -0.05) is 19.3 Å². The van der Waals surface area contributed by atoms with Crippen molar-refractivity contribution in [2.45, 2.75) is 37.5 Å². The molecular weight excluding hydrogens is 601 g/mol. The highest BCUT2D eigenvalue weighted by Gasteiger charge is 2.46. The van der Waals surface area contributed by atoms with Gasteiger partial charge in [-0.2, -0.15) is 10.5 Å². The number of nitrogens with zero attached hydrogens (tertiary/aromatic N) is 4. The van der Waals surface area contributed by atoms with Crippen LogP contribution in [0.2, 0.25) is 0 Å². The highest BCUT2D eigenvalue weighted by atomic mass is 32.1. The second-order valence-electron chi connectivity index (χ2n) is 10.0. The molecule has 196 valence electrons. The Morgan fingerprint density at radius 1 is 0.780 bits per heavy atom. The first-order chi connectivity index (χ1) is 20.1. The molecule has 4 nitrogen and oxygen atoms in total. The van der Waals surface area contributed by atoms with Crippen LogP contribution in [0.15, 0.2) is 41.6 Å². The van der Waals surface area contributed by atoms with Crippen molar-refractivity contribution in [3.63, 3.8) is 0 Å². The Hall–Kier alpha value is -3.80. The molecule has 0 unspecified atom stereocenters. The zero-order valence-electron chi connectivity index (χ0n) is 21.5. The topological polar surface area (TPSA) is 75.7 Å². The van der Waals surface area contributed by atoms with Gasteiger partial charge in [0, 0.05) is 39.4 Å². The lowest BCUT2D eigenvalue weighted by Crippen LogP contribution is -2.28. The Morgan fingerprint density at radius 3 is 2.24 bits per heavy atom. The summed E-state index contributed by atoms with van der Waals surface area (Å²) >= 11 is 8.97. The molecule has 9 heteroatoms. The molecule has 2 aliphatic rings. The van der Waals surface area contributed by atoms with Crippen LogP contribution in [0.3, 0.4) is 0 Å². The Balaban J connectivity index is 1.30. The van der Waals surface area contributed by atoms with Crippen LogP contribution in [0.4, 0.5) is 0 Å². The lowest BCUT2D eigenvalue weighted by atomic mass is 9.67. The summed E-state index contributed by atoms with van der Waals surface area (Å²) in [5.74, 6) is 0. The number of allylic oxidation sites excluding steroid dienone is 3. The number of rotatable bonds is 4. The molecule has 0 bridgehead atoms. The largest absolute Gasteiger partial charge is 0.263 e. The standard InChI is InChI=1S/C32H18N4S5/c1-36-19(17-35)12-21-5-7-23(37-21)22-13-26-28(32(22)9-3-2-4-10-32)30-31(40-26)29-27(41-30)14-25(39-29)24-8-6-20(38-24)11-18(15-33)16-34/h5-8,11-14H,2-4,9-10H2/b19-12+. The van der Waals surface area contributed by atoms with Crippen LogP contribution in [0.5, 0.6) is 0 Å². The first-order valence-corrected chi connectivity index (χ1v) is 17.1. The van der Waals surface area contributed by atoms with Crippen molar-refractivity contribution in [2.24, 2.45) is 0 Å². The van der Waals surface area contributed by atoms with Crippen molar-refractivity contribution in [2.75, 3.05) is 0 Å². The van der Waals surface area contributed by atoms with Gasteiger partial charge in [0.05, 0.1) is 26.7 Å². The molecule has 0 aliphatic heterocycles. The molecule has 0 aromatic carbocycles. The number of thiophene rings is 5. The van der Waals surface area contributed by atoms with E-state index in [-0.39, 0.29) is 16.7 Å². The van der Waals surface area contributed by atoms with E-state index in [1.54, 1.807) is 34.8 Å². The molecule has 7 rings (SSSR count). The summed E-state index contributed by atoms with van der Waals surface area (Å²) in [6.07, 6.45) is 11.8. The average Bonchev–Trinajstić information content (AvgIpc) is 3.82. The van der Waals surface area contributed by atoms with Crippen molar-refractivity contribution in [3.05, 3.63) is 78.1 Å². The molecule has 2 aliphatic carbocycles. The van der Waals surface area contributed by atoms with Gasteiger partial charge >= 0.3 is 0 Å². The van der Waals surface area contributed by atoms with Crippen LogP contribution < -0.4 is 0 Å². The maximum Gasteiger partial charge on any atom is 0.263 e. The zero-order valence-corrected chi connectivity index (χ0v) is 25.6. The molecule has 1 saturated carbocycles. The molecule has 0 amide bonds. The quantitative estimate of drug-likeness (QED) is 0.148. The van der Waals surface area contributed by atoms with Gasteiger partial charge in [-0.25, -0.2) is 10.1 Å². The third-order valence-electron chi connectivity index (χ3n) is 7.79. The Morgan fingerprint density at radius 2 is 1.51 bits per heavy atom. The third-order valence-corrected chi connectivity index (χ3v) is 13.9. The Labute approximate surface area is 257 Å². The maximum absolute atomic E-state index is 9.21. The SMILES string of the molecule is [C-]#[N+]/C(C#N)=C/c1ccc(C2=Cc3sc4c(sc5cc(-c6ccc(C=C(C#N)C#N)s6)sc54)c3C23CCCCC3)s1. The molecule has 1 spiro atoms. The van der Waals surface area contributed by atoms with E-state index < -0.39 is 0 Å². The fourth-order valence-electron chi connectivity index (χ4n) is 6.05. The monoisotopic (exact) mass is 618 g/mol. The summed E-state index contributed by atoms with van der Waals surface area (Å²) in [7, 11) is 0. The highest BCUT2D eigenvalue weighted by molar-refractivity contribution is 7.40. The molecule has 0 N–H and O–H groups in total. The third kappa shape index (κ3) is 4.22. The molecule has 5 aromatic heterocycles. The van der Waals surface area contributed by atoms with Gasteiger partial charge < -0.3 is 0 Å². The Kier molecular flexibility index (Phi) is 6.52. The van der Waals surface area contributed by atoms with Crippen LogP contribution in [0, 0.1) is 40.6 Å². The minimum Gasteiger partial charge on any atom is -0.227 e. The minimum atomic E-state index is 0.0273. The van der Waals surface area contributed by atoms with E-state index in [0.29, 0.717) is 0 Å². The van der Waals surface area contributed by atoms with Crippen molar-refractivity contribution < 1.29 is 0 Å². The maximum atomic E-state index is 9.21. The van der Waals surface area contributed by atoms with Crippen molar-refractivity contribution in [1.29, 1.82) is 15.8 Å². The fraction of sp³-hybridized carbons (Fsp3) is 0.188. The van der Waals surface area contributed by atoms with E-state index in [0.717, 1.165) is 27.5 Å². The van der Waals surface area contributed by atoms with E-state index in [9.17, 15) is 5.26 Å². The second kappa shape index (κ2) is 10.2. The summed E-state index contributed by atoms with van der Waals surface area (Å²) in [5, 5.41) is 27.4. The molecule has 5 aromatic rings. The summed E-state index contributed by atoms with van der Waals surface area (Å²) in [5.41, 5.74) is 3.21. The number of fused-ring (bicyclic) bond motifs is 6. The van der Waals surface area contributed by atoms with Crippen LogP contribution in [0.1, 0.15) is 57.2 Å². The Bertz CT molecular complexity index is 2100. The number of hydrogen-bond acceptors (Lipinski definition) is 8. The van der Waals surface area contributed by atoms with Gasteiger partial charge in [-0.15, -0.1) is 56.7 Å². The number of nitriles is 3. The van der Waals surface area contributed by atoms with Gasteiger partial charge in [-0.05, 0) is 72.5 Å². The molecule has 0 radical (unpaired) electrons. The smallest absolute Gasteiger partial charge is 0.227 e. The van der Waals surface area contributed by atoms with E-state index in [1.165, 1.54) is 63.8 Å². The molecule has 1 fully saturated rings. The predicted molar refractivity (Wildman–Crippen MR) is 175 cm³/mol. The summed E-state index contributed by atoms with van der Waals surface area (Å²) in [6, 6.07) is 16.4. The van der Waals surface area contributed by atoms with Gasteiger partial charge in [0.1, 0.15) is 17.7 Å². The fourth-order valence-corrected chi connectivity index (χ4v) is 12.6. The van der Waals surface area contributed by atoms with E-state index in [1.807, 2.05) is 64.4 Å². The van der Waals surface area contributed by atoms with Crippen molar-refractivity contribution in [1.82, 2.24) is 0 Å². The molecule has 41 heavy (non-hydrogen) atoms. The molecular formula is C32H18N4S5. The lowest BCUT2D eigenvalue weighted by molar-refractivity contribution is 0.376. The normalized spacial score (nSPS) is 15.7. The molecule has 0 atom stereocenters. The molecule has 5 heterocycles. The average molecular weight is 619 g/mol. The first kappa shape index (κ1) is 26.1. The molecule has 0 saturated heterocycles. The summed E-state index contributed by atoms with van der Waals surface area (Å²) < 4.78 is 5.50.